The first-order chi connectivity index (χ1) is 16.3. The van der Waals surface area contributed by atoms with Crippen LogP contribution in [0, 0.1) is 28.9 Å². The number of hydrogen-bond donors (Lipinski definition) is 1. The number of aryl methyl sites for hydroxylation is 1. The molecule has 0 spiro atoms. The summed E-state index contributed by atoms with van der Waals surface area (Å²) in [6.45, 7) is 1.60. The lowest BCUT2D eigenvalue weighted by molar-refractivity contribution is -0.384. The van der Waals surface area contributed by atoms with E-state index in [0.29, 0.717) is 16.3 Å². The summed E-state index contributed by atoms with van der Waals surface area (Å²) in [6, 6.07) is 8.88. The van der Waals surface area contributed by atoms with Crippen LogP contribution < -0.4 is 10.2 Å². The first-order valence-electron chi connectivity index (χ1n) is 10.5. The first kappa shape index (κ1) is 21.8. The van der Waals surface area contributed by atoms with Gasteiger partial charge in [-0.05, 0) is 48.9 Å². The second-order valence-corrected chi connectivity index (χ2v) is 8.69. The quantitative estimate of drug-likeness (QED) is 0.408. The molecule has 0 aliphatic carbocycles. The Labute approximate surface area is 198 Å². The lowest BCUT2D eigenvalue weighted by Crippen LogP contribution is -2.47. The SMILES string of the molecule is Cc1cc([N+](=O)[O-])ccc1N1C(=O)[C@@H]2[C@H](C1=O)[C@@H](C(=O)Nc1ccc(Cl)cc1)N1N=CC=C[C@@H]21. The zero-order valence-corrected chi connectivity index (χ0v) is 18.5. The molecule has 1 N–H and O–H groups in total. The van der Waals surface area contributed by atoms with Gasteiger partial charge in [-0.25, -0.2) is 4.90 Å². The predicted molar refractivity (Wildman–Crippen MR) is 124 cm³/mol. The highest BCUT2D eigenvalue weighted by Gasteiger charge is 2.64. The van der Waals surface area contributed by atoms with Crippen LogP contribution in [-0.2, 0) is 14.4 Å². The van der Waals surface area contributed by atoms with Crippen LogP contribution in [0.5, 0.6) is 0 Å². The van der Waals surface area contributed by atoms with Gasteiger partial charge in [0.05, 0.1) is 28.5 Å². The molecule has 3 heterocycles. The third kappa shape index (κ3) is 3.34. The molecule has 0 radical (unpaired) electrons. The molecule has 3 aliphatic heterocycles. The fourth-order valence-corrected chi connectivity index (χ4v) is 4.95. The van der Waals surface area contributed by atoms with Crippen molar-refractivity contribution >= 4 is 52.6 Å². The molecule has 2 aromatic rings. The van der Waals surface area contributed by atoms with Gasteiger partial charge >= 0.3 is 0 Å². The minimum atomic E-state index is -1.02. The summed E-state index contributed by atoms with van der Waals surface area (Å²) in [6.07, 6.45) is 4.93. The first-order valence-corrected chi connectivity index (χ1v) is 10.8. The number of hydrogen-bond acceptors (Lipinski definition) is 7. The Bertz CT molecular complexity index is 1290. The molecular weight excluding hydrogens is 462 g/mol. The van der Waals surface area contributed by atoms with Gasteiger partial charge in [0.2, 0.25) is 17.7 Å². The van der Waals surface area contributed by atoms with Gasteiger partial charge in [0.1, 0.15) is 6.04 Å². The standard InChI is InChI=1S/C23H18ClN5O5/c1-12-11-15(29(33)34)8-9-16(12)27-22(31)18-17-3-2-10-25-28(17)20(19(18)23(27)32)21(30)26-14-6-4-13(24)5-7-14/h2-11,17-20H,1H3,(H,26,30)/t17-,18-,19-,20-/m0/s1. The van der Waals surface area contributed by atoms with E-state index in [4.69, 9.17) is 11.6 Å². The molecule has 0 aromatic heterocycles. The van der Waals surface area contributed by atoms with Crippen molar-refractivity contribution in [3.63, 3.8) is 0 Å². The molecule has 0 bridgehead atoms. The van der Waals surface area contributed by atoms with Crippen LogP contribution in [0.4, 0.5) is 17.1 Å². The molecule has 172 valence electrons. The van der Waals surface area contributed by atoms with Gasteiger partial charge in [0.15, 0.2) is 0 Å². The minimum Gasteiger partial charge on any atom is -0.324 e. The van der Waals surface area contributed by atoms with E-state index < -0.39 is 46.6 Å². The maximum Gasteiger partial charge on any atom is 0.269 e. The molecule has 4 atom stereocenters. The Morgan fingerprint density at radius 2 is 1.82 bits per heavy atom. The van der Waals surface area contributed by atoms with Gasteiger partial charge in [0.25, 0.3) is 5.69 Å². The summed E-state index contributed by atoms with van der Waals surface area (Å²) < 4.78 is 0. The predicted octanol–water partition coefficient (Wildman–Crippen LogP) is 2.91. The number of benzene rings is 2. The van der Waals surface area contributed by atoms with E-state index >= 15 is 0 Å². The number of carbonyl (C=O) groups is 3. The maximum atomic E-state index is 13.6. The van der Waals surface area contributed by atoms with Crippen LogP contribution >= 0.6 is 11.6 Å². The van der Waals surface area contributed by atoms with E-state index in [1.165, 1.54) is 29.4 Å². The number of halogens is 1. The van der Waals surface area contributed by atoms with Crippen molar-refractivity contribution in [3.8, 4) is 0 Å². The third-order valence-electron chi connectivity index (χ3n) is 6.30. The zero-order valence-electron chi connectivity index (χ0n) is 17.8. The van der Waals surface area contributed by atoms with E-state index in [9.17, 15) is 24.5 Å². The van der Waals surface area contributed by atoms with Crippen molar-refractivity contribution in [2.24, 2.45) is 16.9 Å². The molecule has 2 saturated heterocycles. The molecule has 0 unspecified atom stereocenters. The summed E-state index contributed by atoms with van der Waals surface area (Å²) in [7, 11) is 0. The molecule has 2 aromatic carbocycles. The Hall–Kier alpha value is -4.05. The fourth-order valence-electron chi connectivity index (χ4n) is 4.83. The number of hydrazone groups is 1. The van der Waals surface area contributed by atoms with Crippen molar-refractivity contribution in [2.75, 3.05) is 10.2 Å². The van der Waals surface area contributed by atoms with Crippen molar-refractivity contribution < 1.29 is 19.3 Å². The molecule has 3 amide bonds. The average Bonchev–Trinajstić information content (AvgIpc) is 3.28. The van der Waals surface area contributed by atoms with Crippen LogP contribution in [0.3, 0.4) is 0 Å². The zero-order chi connectivity index (χ0) is 24.1. The van der Waals surface area contributed by atoms with Crippen molar-refractivity contribution in [1.29, 1.82) is 0 Å². The molecular formula is C23H18ClN5O5. The number of allylic oxidation sites excluding steroid dienone is 1. The molecule has 5 rings (SSSR count). The minimum absolute atomic E-state index is 0.142. The third-order valence-corrected chi connectivity index (χ3v) is 6.56. The van der Waals surface area contributed by atoms with Gasteiger partial charge in [-0.3, -0.25) is 29.5 Å². The number of amides is 3. The topological polar surface area (TPSA) is 125 Å². The highest BCUT2D eigenvalue weighted by atomic mass is 35.5. The van der Waals surface area contributed by atoms with E-state index in [1.807, 2.05) is 0 Å². The number of rotatable bonds is 4. The number of imide groups is 1. The Kier molecular flexibility index (Phi) is 5.17. The molecule has 0 saturated carbocycles. The highest BCUT2D eigenvalue weighted by Crippen LogP contribution is 2.46. The Morgan fingerprint density at radius 3 is 2.50 bits per heavy atom. The summed E-state index contributed by atoms with van der Waals surface area (Å²) in [4.78, 5) is 52.0. The van der Waals surface area contributed by atoms with E-state index in [-0.39, 0.29) is 11.4 Å². The Balaban J connectivity index is 1.51. The van der Waals surface area contributed by atoms with E-state index in [0.717, 1.165) is 4.90 Å². The number of non-ortho nitro benzene ring substituents is 1. The van der Waals surface area contributed by atoms with E-state index in [1.54, 1.807) is 43.3 Å². The number of nitro benzene ring substituents is 1. The lowest BCUT2D eigenvalue weighted by atomic mass is 9.88. The molecule has 10 nitrogen and oxygen atoms in total. The fraction of sp³-hybridized carbons (Fsp3) is 0.217. The number of nitrogens with one attached hydrogen (secondary N) is 1. The normalized spacial score (nSPS) is 24.9. The molecule has 3 aliphatic rings. The summed E-state index contributed by atoms with van der Waals surface area (Å²) in [5.74, 6) is -3.28. The van der Waals surface area contributed by atoms with Crippen molar-refractivity contribution in [1.82, 2.24) is 5.01 Å². The van der Waals surface area contributed by atoms with Gasteiger partial charge in [-0.1, -0.05) is 17.7 Å². The van der Waals surface area contributed by atoms with Crippen LogP contribution in [0.25, 0.3) is 0 Å². The molecule has 2 fully saturated rings. The van der Waals surface area contributed by atoms with Gasteiger partial charge in [0, 0.05) is 29.1 Å². The monoisotopic (exact) mass is 479 g/mol. The van der Waals surface area contributed by atoms with Gasteiger partial charge < -0.3 is 5.32 Å². The summed E-state index contributed by atoms with van der Waals surface area (Å²) in [5.41, 5.74) is 1.02. The highest BCUT2D eigenvalue weighted by molar-refractivity contribution is 6.30. The maximum absolute atomic E-state index is 13.6. The Morgan fingerprint density at radius 1 is 1.12 bits per heavy atom. The number of carbonyl (C=O) groups excluding carboxylic acids is 3. The van der Waals surface area contributed by atoms with Crippen molar-refractivity contribution in [2.45, 2.75) is 19.0 Å². The summed E-state index contributed by atoms with van der Waals surface area (Å²) in [5, 5.41) is 20.2. The van der Waals surface area contributed by atoms with Gasteiger partial charge in [-0.15, -0.1) is 0 Å². The second-order valence-electron chi connectivity index (χ2n) is 8.25. The van der Waals surface area contributed by atoms with E-state index in [2.05, 4.69) is 10.4 Å². The summed E-state index contributed by atoms with van der Waals surface area (Å²) >= 11 is 5.92. The second kappa shape index (κ2) is 8.07. The number of nitrogens with zero attached hydrogens (tertiary/aromatic N) is 4. The van der Waals surface area contributed by atoms with Crippen LogP contribution in [0.15, 0.2) is 59.7 Å². The smallest absolute Gasteiger partial charge is 0.269 e. The number of anilines is 2. The molecule has 34 heavy (non-hydrogen) atoms. The van der Waals surface area contributed by atoms with Crippen LogP contribution in [-0.4, -0.2) is 46.0 Å². The largest absolute Gasteiger partial charge is 0.324 e. The van der Waals surface area contributed by atoms with Gasteiger partial charge in [-0.2, -0.15) is 5.10 Å². The molecule has 11 heteroatoms. The average molecular weight is 480 g/mol. The lowest BCUT2D eigenvalue weighted by Gasteiger charge is -2.30. The van der Waals surface area contributed by atoms with Crippen LogP contribution in [0.1, 0.15) is 5.56 Å². The number of nitro groups is 1. The number of fused-ring (bicyclic) bond motifs is 3. The van der Waals surface area contributed by atoms with Crippen LogP contribution in [0.2, 0.25) is 5.02 Å². The van der Waals surface area contributed by atoms with Crippen molar-refractivity contribution in [3.05, 3.63) is 75.3 Å².